The van der Waals surface area contributed by atoms with Crippen LogP contribution in [0.3, 0.4) is 0 Å². The average molecular weight is 345 g/mol. The van der Waals surface area contributed by atoms with E-state index in [1.165, 1.54) is 10.4 Å². The van der Waals surface area contributed by atoms with Gasteiger partial charge in [-0.2, -0.15) is 0 Å². The molecule has 0 bridgehead atoms. The summed E-state index contributed by atoms with van der Waals surface area (Å²) in [6.45, 7) is 0.929. The van der Waals surface area contributed by atoms with Gasteiger partial charge in [0, 0.05) is 17.2 Å². The third-order valence-electron chi connectivity index (χ3n) is 3.54. The van der Waals surface area contributed by atoms with Crippen molar-refractivity contribution in [2.45, 2.75) is 24.5 Å². The summed E-state index contributed by atoms with van der Waals surface area (Å²) < 4.78 is 7.32. The third-order valence-corrected chi connectivity index (χ3v) is 5.46. The highest BCUT2D eigenvalue weighted by Crippen LogP contribution is 2.19. The molecule has 0 saturated carbocycles. The van der Waals surface area contributed by atoms with Crippen LogP contribution in [-0.2, 0) is 19.4 Å². The molecule has 3 rings (SSSR count). The SMILES string of the molecule is COc1ccc(CCSc2nncn2CCc2cccs2)cc1. The zero-order valence-corrected chi connectivity index (χ0v) is 14.6. The maximum Gasteiger partial charge on any atom is 0.191 e. The van der Waals surface area contributed by atoms with E-state index >= 15 is 0 Å². The van der Waals surface area contributed by atoms with Gasteiger partial charge >= 0.3 is 0 Å². The topological polar surface area (TPSA) is 39.9 Å². The number of thioether (sulfide) groups is 1. The third kappa shape index (κ3) is 4.59. The Labute approximate surface area is 144 Å². The fraction of sp³-hybridized carbons (Fsp3) is 0.294. The van der Waals surface area contributed by atoms with Gasteiger partial charge in [0.2, 0.25) is 0 Å². The minimum absolute atomic E-state index is 0.898. The van der Waals surface area contributed by atoms with Crippen molar-refractivity contribution in [3.63, 3.8) is 0 Å². The lowest BCUT2D eigenvalue weighted by molar-refractivity contribution is 0.414. The van der Waals surface area contributed by atoms with Gasteiger partial charge in [0.25, 0.3) is 0 Å². The van der Waals surface area contributed by atoms with E-state index in [4.69, 9.17) is 4.74 Å². The predicted molar refractivity (Wildman–Crippen MR) is 95.5 cm³/mol. The van der Waals surface area contributed by atoms with Crippen LogP contribution in [0.4, 0.5) is 0 Å². The van der Waals surface area contributed by atoms with E-state index in [0.29, 0.717) is 0 Å². The molecule has 6 heteroatoms. The minimum Gasteiger partial charge on any atom is -0.497 e. The van der Waals surface area contributed by atoms with E-state index in [9.17, 15) is 0 Å². The second-order valence-electron chi connectivity index (χ2n) is 5.08. The van der Waals surface area contributed by atoms with Crippen LogP contribution in [-0.4, -0.2) is 27.6 Å². The number of rotatable bonds is 8. The van der Waals surface area contributed by atoms with Crippen molar-refractivity contribution in [3.05, 3.63) is 58.5 Å². The zero-order valence-electron chi connectivity index (χ0n) is 13.0. The van der Waals surface area contributed by atoms with Crippen LogP contribution in [0.25, 0.3) is 0 Å². The number of hydrogen-bond acceptors (Lipinski definition) is 5. The van der Waals surface area contributed by atoms with Crippen LogP contribution in [0.15, 0.2) is 53.3 Å². The van der Waals surface area contributed by atoms with Crippen LogP contribution >= 0.6 is 23.1 Å². The van der Waals surface area contributed by atoms with Gasteiger partial charge < -0.3 is 9.30 Å². The number of thiophene rings is 1. The van der Waals surface area contributed by atoms with E-state index in [1.54, 1.807) is 30.2 Å². The van der Waals surface area contributed by atoms with Crippen molar-refractivity contribution in [2.24, 2.45) is 0 Å². The van der Waals surface area contributed by atoms with Gasteiger partial charge in [-0.05, 0) is 42.0 Å². The summed E-state index contributed by atoms with van der Waals surface area (Å²) in [6.07, 6.45) is 3.86. The molecule has 0 aliphatic heterocycles. The highest BCUT2D eigenvalue weighted by atomic mass is 32.2. The molecule has 0 fully saturated rings. The van der Waals surface area contributed by atoms with Crippen LogP contribution in [0.1, 0.15) is 10.4 Å². The largest absolute Gasteiger partial charge is 0.497 e. The van der Waals surface area contributed by atoms with Gasteiger partial charge in [0.15, 0.2) is 5.16 Å². The van der Waals surface area contributed by atoms with Crippen molar-refractivity contribution in [1.82, 2.24) is 14.8 Å². The van der Waals surface area contributed by atoms with Gasteiger partial charge in [-0.25, -0.2) is 0 Å². The van der Waals surface area contributed by atoms with Crippen molar-refractivity contribution in [2.75, 3.05) is 12.9 Å². The molecule has 0 amide bonds. The molecule has 3 aromatic rings. The van der Waals surface area contributed by atoms with Gasteiger partial charge in [-0.1, -0.05) is 30.0 Å². The number of aromatic nitrogens is 3. The number of ether oxygens (including phenoxy) is 1. The highest BCUT2D eigenvalue weighted by molar-refractivity contribution is 7.99. The summed E-state index contributed by atoms with van der Waals surface area (Å²) in [5, 5.41) is 11.4. The monoisotopic (exact) mass is 345 g/mol. The van der Waals surface area contributed by atoms with E-state index in [0.717, 1.165) is 36.0 Å². The molecule has 1 aromatic carbocycles. The van der Waals surface area contributed by atoms with Gasteiger partial charge in [0.1, 0.15) is 12.1 Å². The molecule has 4 nitrogen and oxygen atoms in total. The second kappa shape index (κ2) is 8.17. The molecule has 120 valence electrons. The fourth-order valence-corrected chi connectivity index (χ4v) is 3.88. The summed E-state index contributed by atoms with van der Waals surface area (Å²) in [7, 11) is 1.69. The van der Waals surface area contributed by atoms with Crippen LogP contribution in [0.5, 0.6) is 5.75 Å². The maximum absolute atomic E-state index is 5.18. The van der Waals surface area contributed by atoms with Crippen LogP contribution in [0, 0.1) is 0 Å². The highest BCUT2D eigenvalue weighted by Gasteiger charge is 2.06. The Balaban J connectivity index is 1.49. The van der Waals surface area contributed by atoms with Gasteiger partial charge in [0.05, 0.1) is 7.11 Å². The molecular formula is C17H19N3OS2. The average Bonchev–Trinajstić information content (AvgIpc) is 3.25. The molecule has 0 aliphatic carbocycles. The summed E-state index contributed by atoms with van der Waals surface area (Å²) in [5.41, 5.74) is 1.31. The first-order chi connectivity index (χ1) is 11.3. The zero-order chi connectivity index (χ0) is 15.9. The molecule has 0 spiro atoms. The number of aryl methyl sites for hydroxylation is 3. The Hall–Kier alpha value is -1.79. The second-order valence-corrected chi connectivity index (χ2v) is 7.18. The molecule has 23 heavy (non-hydrogen) atoms. The van der Waals surface area contributed by atoms with Crippen molar-refractivity contribution in [1.29, 1.82) is 0 Å². The Morgan fingerprint density at radius 1 is 1.17 bits per heavy atom. The number of hydrogen-bond donors (Lipinski definition) is 0. The first-order valence-corrected chi connectivity index (χ1v) is 9.37. The Morgan fingerprint density at radius 2 is 2.04 bits per heavy atom. The fourth-order valence-electron chi connectivity index (χ4n) is 2.25. The number of benzene rings is 1. The molecule has 0 saturated heterocycles. The van der Waals surface area contributed by atoms with Crippen LogP contribution < -0.4 is 4.74 Å². The lowest BCUT2D eigenvalue weighted by atomic mass is 10.2. The Kier molecular flexibility index (Phi) is 5.71. The predicted octanol–water partition coefficient (Wildman–Crippen LogP) is 3.93. The van der Waals surface area contributed by atoms with Crippen LogP contribution in [0.2, 0.25) is 0 Å². The normalized spacial score (nSPS) is 10.8. The maximum atomic E-state index is 5.18. The smallest absolute Gasteiger partial charge is 0.191 e. The molecule has 2 heterocycles. The molecule has 0 aliphatic rings. The van der Waals surface area contributed by atoms with Crippen molar-refractivity contribution >= 4 is 23.1 Å². The van der Waals surface area contributed by atoms with E-state index in [1.807, 2.05) is 18.5 Å². The minimum atomic E-state index is 0.898. The number of methoxy groups -OCH3 is 1. The lowest BCUT2D eigenvalue weighted by Gasteiger charge is -2.06. The standard InChI is InChI=1S/C17H19N3OS2/c1-21-15-6-4-14(5-7-15)9-12-23-17-19-18-13-20(17)10-8-16-3-2-11-22-16/h2-7,11,13H,8-10,12H2,1H3. The van der Waals surface area contributed by atoms with Gasteiger partial charge in [-0.3, -0.25) is 0 Å². The van der Waals surface area contributed by atoms with E-state index in [-0.39, 0.29) is 0 Å². The van der Waals surface area contributed by atoms with E-state index in [2.05, 4.69) is 44.4 Å². The lowest BCUT2D eigenvalue weighted by Crippen LogP contribution is -2.01. The van der Waals surface area contributed by atoms with E-state index < -0.39 is 0 Å². The molecule has 0 N–H and O–H groups in total. The van der Waals surface area contributed by atoms with Gasteiger partial charge in [-0.15, -0.1) is 21.5 Å². The molecule has 0 radical (unpaired) electrons. The number of nitrogens with zero attached hydrogens (tertiary/aromatic N) is 3. The summed E-state index contributed by atoms with van der Waals surface area (Å²) >= 11 is 3.55. The quantitative estimate of drug-likeness (QED) is 0.580. The summed E-state index contributed by atoms with van der Waals surface area (Å²) in [5.74, 6) is 1.89. The summed E-state index contributed by atoms with van der Waals surface area (Å²) in [6, 6.07) is 12.5. The van der Waals surface area contributed by atoms with Crippen molar-refractivity contribution < 1.29 is 4.74 Å². The Morgan fingerprint density at radius 3 is 2.78 bits per heavy atom. The first-order valence-electron chi connectivity index (χ1n) is 7.51. The first kappa shape index (κ1) is 16.1. The molecule has 0 atom stereocenters. The molecule has 0 unspecified atom stereocenters. The Bertz CT molecular complexity index is 708. The summed E-state index contributed by atoms with van der Waals surface area (Å²) in [4.78, 5) is 1.40. The molecule has 2 aromatic heterocycles. The molecular weight excluding hydrogens is 326 g/mol. The van der Waals surface area contributed by atoms with Crippen molar-refractivity contribution in [3.8, 4) is 5.75 Å².